The van der Waals surface area contributed by atoms with Crippen LogP contribution in [-0.2, 0) is 4.79 Å². The predicted molar refractivity (Wildman–Crippen MR) is 87.1 cm³/mol. The van der Waals surface area contributed by atoms with Crippen molar-refractivity contribution in [3.63, 3.8) is 0 Å². The highest BCUT2D eigenvalue weighted by atomic mass is 16.2. The number of benzene rings is 1. The fraction of sp³-hybridized carbons (Fsp3) is 0.438. The van der Waals surface area contributed by atoms with Crippen LogP contribution < -0.4 is 16.0 Å². The molecule has 1 saturated heterocycles. The number of aromatic amines is 1. The van der Waals surface area contributed by atoms with Crippen molar-refractivity contribution in [1.29, 1.82) is 0 Å². The third-order valence-electron chi connectivity index (χ3n) is 4.03. The molecule has 1 fully saturated rings. The average Bonchev–Trinajstić information content (AvgIpc) is 3.00. The zero-order valence-electron chi connectivity index (χ0n) is 12.9. The minimum absolute atomic E-state index is 0.0240. The summed E-state index contributed by atoms with van der Waals surface area (Å²) in [5.41, 5.74) is 1.18. The van der Waals surface area contributed by atoms with Gasteiger partial charge in [-0.15, -0.1) is 0 Å². The summed E-state index contributed by atoms with van der Waals surface area (Å²) in [6.07, 6.45) is 2.19. The van der Waals surface area contributed by atoms with Gasteiger partial charge in [-0.1, -0.05) is 18.2 Å². The number of amides is 2. The minimum Gasteiger partial charge on any atom is -0.353 e. The van der Waals surface area contributed by atoms with Crippen molar-refractivity contribution in [3.8, 4) is 0 Å². The number of aromatic nitrogens is 2. The second-order valence-electron chi connectivity index (χ2n) is 5.72. The molecule has 0 atom stereocenters. The molecule has 1 aliphatic rings. The maximum Gasteiger partial charge on any atom is 0.272 e. The second kappa shape index (κ2) is 7.23. The van der Waals surface area contributed by atoms with Gasteiger partial charge in [0, 0.05) is 24.4 Å². The molecule has 1 aromatic heterocycles. The number of fused-ring (bicyclic) bond motifs is 1. The standard InChI is InChI=1S/C16H21N5O2/c22-14(19-11-5-8-17-9-6-11)7-10-18-16(23)15-12-3-1-2-4-13(12)20-21-15/h1-4,11,17H,5-10H2,(H,18,23)(H,19,22)(H,20,21). The molecule has 7 nitrogen and oxygen atoms in total. The van der Waals surface area contributed by atoms with Gasteiger partial charge in [0.25, 0.3) is 5.91 Å². The van der Waals surface area contributed by atoms with Gasteiger partial charge >= 0.3 is 0 Å². The van der Waals surface area contributed by atoms with Crippen molar-refractivity contribution >= 4 is 22.7 Å². The van der Waals surface area contributed by atoms with Gasteiger partial charge in [-0.05, 0) is 32.0 Å². The monoisotopic (exact) mass is 315 g/mol. The van der Waals surface area contributed by atoms with Crippen LogP contribution in [0.3, 0.4) is 0 Å². The Kier molecular flexibility index (Phi) is 4.87. The Bertz CT molecular complexity index is 691. The Morgan fingerprint density at radius 2 is 2.00 bits per heavy atom. The van der Waals surface area contributed by atoms with E-state index in [-0.39, 0.29) is 24.3 Å². The third kappa shape index (κ3) is 3.87. The van der Waals surface area contributed by atoms with E-state index >= 15 is 0 Å². The maximum atomic E-state index is 12.2. The Morgan fingerprint density at radius 1 is 1.22 bits per heavy atom. The van der Waals surface area contributed by atoms with Gasteiger partial charge in [0.05, 0.1) is 5.52 Å². The summed E-state index contributed by atoms with van der Waals surface area (Å²) in [6.45, 7) is 2.18. The lowest BCUT2D eigenvalue weighted by Crippen LogP contribution is -2.43. The molecular formula is C16H21N5O2. The van der Waals surface area contributed by atoms with Crippen LogP contribution >= 0.6 is 0 Å². The van der Waals surface area contributed by atoms with Crippen LogP contribution in [0.2, 0.25) is 0 Å². The molecule has 2 aromatic rings. The van der Waals surface area contributed by atoms with Crippen LogP contribution in [-0.4, -0.2) is 47.7 Å². The van der Waals surface area contributed by atoms with Crippen LogP contribution in [0.1, 0.15) is 29.8 Å². The van der Waals surface area contributed by atoms with E-state index in [0.717, 1.165) is 36.8 Å². The summed E-state index contributed by atoms with van der Waals surface area (Å²) in [4.78, 5) is 24.0. The molecule has 7 heteroatoms. The van der Waals surface area contributed by atoms with Gasteiger partial charge < -0.3 is 16.0 Å². The Balaban J connectivity index is 1.46. The number of hydrogen-bond acceptors (Lipinski definition) is 4. The summed E-state index contributed by atoms with van der Waals surface area (Å²) in [5.74, 6) is -0.291. The molecule has 2 amide bonds. The number of nitrogens with zero attached hydrogens (tertiary/aromatic N) is 1. The van der Waals surface area contributed by atoms with Crippen molar-refractivity contribution in [2.24, 2.45) is 0 Å². The number of H-pyrrole nitrogens is 1. The molecule has 0 unspecified atom stereocenters. The maximum absolute atomic E-state index is 12.2. The lowest BCUT2D eigenvalue weighted by Gasteiger charge is -2.23. The molecular weight excluding hydrogens is 294 g/mol. The van der Waals surface area contributed by atoms with E-state index < -0.39 is 0 Å². The lowest BCUT2D eigenvalue weighted by molar-refractivity contribution is -0.121. The first-order valence-electron chi connectivity index (χ1n) is 7.95. The number of para-hydroxylation sites is 1. The number of hydrogen-bond donors (Lipinski definition) is 4. The highest BCUT2D eigenvalue weighted by molar-refractivity contribution is 6.04. The fourth-order valence-electron chi connectivity index (χ4n) is 2.78. The summed E-state index contributed by atoms with van der Waals surface area (Å²) < 4.78 is 0. The quantitative estimate of drug-likeness (QED) is 0.647. The molecule has 0 bridgehead atoms. The van der Waals surface area contributed by atoms with Crippen LogP contribution in [0.25, 0.3) is 10.9 Å². The third-order valence-corrected chi connectivity index (χ3v) is 4.03. The normalized spacial score (nSPS) is 15.5. The van der Waals surface area contributed by atoms with E-state index in [4.69, 9.17) is 0 Å². The van der Waals surface area contributed by atoms with Gasteiger partial charge in [0.1, 0.15) is 0 Å². The minimum atomic E-state index is -0.267. The van der Waals surface area contributed by atoms with Crippen molar-refractivity contribution in [3.05, 3.63) is 30.0 Å². The zero-order valence-corrected chi connectivity index (χ0v) is 12.9. The molecule has 1 aliphatic heterocycles. The smallest absolute Gasteiger partial charge is 0.272 e. The molecule has 0 saturated carbocycles. The molecule has 0 aliphatic carbocycles. The average molecular weight is 315 g/mol. The van der Waals surface area contributed by atoms with Crippen molar-refractivity contribution in [2.75, 3.05) is 19.6 Å². The summed E-state index contributed by atoms with van der Waals surface area (Å²) in [5, 5.41) is 16.7. The van der Waals surface area contributed by atoms with E-state index in [1.54, 1.807) is 0 Å². The zero-order chi connectivity index (χ0) is 16.1. The first kappa shape index (κ1) is 15.5. The van der Waals surface area contributed by atoms with Crippen LogP contribution in [0.15, 0.2) is 24.3 Å². The van der Waals surface area contributed by atoms with Crippen molar-refractivity contribution in [2.45, 2.75) is 25.3 Å². The SMILES string of the molecule is O=C(CCNC(=O)c1n[nH]c2ccccc12)NC1CCNCC1. The molecule has 3 rings (SSSR count). The molecule has 4 N–H and O–H groups in total. The predicted octanol–water partition coefficient (Wildman–Crippen LogP) is 0.551. The second-order valence-corrected chi connectivity index (χ2v) is 5.72. The van der Waals surface area contributed by atoms with E-state index in [1.807, 2.05) is 24.3 Å². The summed E-state index contributed by atoms with van der Waals surface area (Å²) in [6, 6.07) is 7.70. The van der Waals surface area contributed by atoms with Crippen molar-refractivity contribution < 1.29 is 9.59 Å². The Hall–Kier alpha value is -2.41. The van der Waals surface area contributed by atoms with E-state index in [2.05, 4.69) is 26.1 Å². The number of carbonyl (C=O) groups is 2. The van der Waals surface area contributed by atoms with E-state index in [1.165, 1.54) is 0 Å². The molecule has 0 radical (unpaired) electrons. The number of nitrogens with one attached hydrogen (secondary N) is 4. The largest absolute Gasteiger partial charge is 0.353 e. The first-order chi connectivity index (χ1) is 11.2. The van der Waals surface area contributed by atoms with Crippen molar-refractivity contribution in [1.82, 2.24) is 26.1 Å². The molecule has 122 valence electrons. The summed E-state index contributed by atoms with van der Waals surface area (Å²) in [7, 11) is 0. The molecule has 23 heavy (non-hydrogen) atoms. The Morgan fingerprint density at radius 3 is 2.83 bits per heavy atom. The fourth-order valence-corrected chi connectivity index (χ4v) is 2.78. The topological polar surface area (TPSA) is 98.9 Å². The first-order valence-corrected chi connectivity index (χ1v) is 7.95. The summed E-state index contributed by atoms with van der Waals surface area (Å²) >= 11 is 0. The highest BCUT2D eigenvalue weighted by Crippen LogP contribution is 2.14. The van der Waals surface area contributed by atoms with Gasteiger partial charge in [-0.2, -0.15) is 5.10 Å². The molecule has 2 heterocycles. The molecule has 1 aromatic carbocycles. The number of rotatable bonds is 5. The van der Waals surface area contributed by atoms with Gasteiger partial charge in [-0.3, -0.25) is 14.7 Å². The molecule has 0 spiro atoms. The van der Waals surface area contributed by atoms with Gasteiger partial charge in [0.2, 0.25) is 5.91 Å². The van der Waals surface area contributed by atoms with Gasteiger partial charge in [-0.25, -0.2) is 0 Å². The van der Waals surface area contributed by atoms with Crippen LogP contribution in [0.4, 0.5) is 0 Å². The number of carbonyl (C=O) groups excluding carboxylic acids is 2. The van der Waals surface area contributed by atoms with E-state index in [0.29, 0.717) is 12.2 Å². The van der Waals surface area contributed by atoms with E-state index in [9.17, 15) is 9.59 Å². The lowest BCUT2D eigenvalue weighted by atomic mass is 10.1. The Labute approximate surface area is 134 Å². The van der Waals surface area contributed by atoms with Crippen LogP contribution in [0, 0.1) is 0 Å². The van der Waals surface area contributed by atoms with Gasteiger partial charge in [0.15, 0.2) is 5.69 Å². The highest BCUT2D eigenvalue weighted by Gasteiger charge is 2.16. The number of piperidine rings is 1. The van der Waals surface area contributed by atoms with Crippen LogP contribution in [0.5, 0.6) is 0 Å².